The van der Waals surface area contributed by atoms with Crippen LogP contribution in [0.1, 0.15) is 120 Å². The van der Waals surface area contributed by atoms with E-state index in [0.717, 1.165) is 51.4 Å². The number of methoxy groups -OCH3 is 1. The lowest BCUT2D eigenvalue weighted by atomic mass is 9.33. The van der Waals surface area contributed by atoms with Gasteiger partial charge in [0, 0.05) is 37.7 Å². The van der Waals surface area contributed by atoms with Gasteiger partial charge in [0.1, 0.15) is 17.7 Å². The van der Waals surface area contributed by atoms with Crippen molar-refractivity contribution < 1.29 is 23.9 Å². The number of ketones is 2. The second-order valence-electron chi connectivity index (χ2n) is 15.3. The van der Waals surface area contributed by atoms with Crippen molar-refractivity contribution >= 4 is 17.5 Å². The van der Waals surface area contributed by atoms with Crippen LogP contribution in [-0.4, -0.2) is 37.4 Å². The van der Waals surface area contributed by atoms with Crippen LogP contribution >= 0.6 is 0 Å². The summed E-state index contributed by atoms with van der Waals surface area (Å²) < 4.78 is 11.5. The van der Waals surface area contributed by atoms with Crippen molar-refractivity contribution in [1.29, 1.82) is 0 Å². The van der Waals surface area contributed by atoms with Gasteiger partial charge >= 0.3 is 5.97 Å². The summed E-state index contributed by atoms with van der Waals surface area (Å²) in [5.74, 6) is 1.54. The predicted molar refractivity (Wildman–Crippen MR) is 149 cm³/mol. The molecule has 4 saturated carbocycles. The Labute approximate surface area is 231 Å². The molecule has 0 spiro atoms. The zero-order valence-corrected chi connectivity index (χ0v) is 25.7. The van der Waals surface area contributed by atoms with E-state index >= 15 is 0 Å². The molecule has 216 valence electrons. The highest BCUT2D eigenvalue weighted by molar-refractivity contribution is 5.90. The highest BCUT2D eigenvalue weighted by Crippen LogP contribution is 2.74. The van der Waals surface area contributed by atoms with Gasteiger partial charge in [-0.1, -0.05) is 48.5 Å². The van der Waals surface area contributed by atoms with Gasteiger partial charge in [0.05, 0.1) is 12.0 Å². The van der Waals surface area contributed by atoms with E-state index in [1.807, 2.05) is 13.8 Å². The molecule has 38 heavy (non-hydrogen) atoms. The zero-order chi connectivity index (χ0) is 28.3. The normalized spacial score (nSPS) is 44.1. The molecule has 8 atom stereocenters. The van der Waals surface area contributed by atoms with Crippen LogP contribution < -0.4 is 0 Å². The van der Waals surface area contributed by atoms with Crippen molar-refractivity contribution in [2.24, 2.45) is 50.7 Å². The lowest BCUT2D eigenvalue weighted by molar-refractivity contribution is -0.237. The first kappa shape index (κ1) is 29.7. The Hall–Kier alpha value is -1.23. The number of carbonyl (C=O) groups is 3. The summed E-state index contributed by atoms with van der Waals surface area (Å²) in [6, 6.07) is 0. The number of hydrogen-bond donors (Lipinski definition) is 0. The third-order valence-corrected chi connectivity index (χ3v) is 13.0. The molecule has 4 rings (SSSR count). The molecule has 0 unspecified atom stereocenters. The fourth-order valence-corrected chi connectivity index (χ4v) is 10.6. The molecule has 4 aliphatic carbocycles. The van der Waals surface area contributed by atoms with Gasteiger partial charge in [-0.05, 0) is 85.9 Å². The van der Waals surface area contributed by atoms with Gasteiger partial charge in [-0.15, -0.1) is 0 Å². The maximum Gasteiger partial charge on any atom is 0.302 e. The van der Waals surface area contributed by atoms with Gasteiger partial charge in [-0.25, -0.2) is 0 Å². The van der Waals surface area contributed by atoms with E-state index in [2.05, 4.69) is 34.6 Å². The summed E-state index contributed by atoms with van der Waals surface area (Å²) in [5, 5.41) is 0. The average molecular weight is 531 g/mol. The maximum atomic E-state index is 14.4. The van der Waals surface area contributed by atoms with E-state index in [9.17, 15) is 14.4 Å². The van der Waals surface area contributed by atoms with E-state index < -0.39 is 5.41 Å². The molecule has 0 saturated heterocycles. The third-order valence-electron chi connectivity index (χ3n) is 13.0. The first-order chi connectivity index (χ1) is 17.6. The van der Waals surface area contributed by atoms with Crippen molar-refractivity contribution in [3.63, 3.8) is 0 Å². The van der Waals surface area contributed by atoms with Crippen LogP contribution in [0.3, 0.4) is 0 Å². The smallest absolute Gasteiger partial charge is 0.302 e. The second kappa shape index (κ2) is 10.00. The van der Waals surface area contributed by atoms with Gasteiger partial charge in [-0.2, -0.15) is 0 Å². The van der Waals surface area contributed by atoms with Gasteiger partial charge in [0.25, 0.3) is 0 Å². The van der Waals surface area contributed by atoms with Gasteiger partial charge < -0.3 is 9.47 Å². The summed E-state index contributed by atoms with van der Waals surface area (Å²) in [4.78, 5) is 38.9. The molecular formula is C33H54O5. The Morgan fingerprint density at radius 3 is 2.18 bits per heavy atom. The molecule has 4 aliphatic rings. The minimum Gasteiger partial charge on any atom is -0.462 e. The Balaban J connectivity index is 1.63. The Kier molecular flexibility index (Phi) is 7.83. The molecule has 5 nitrogen and oxygen atoms in total. The van der Waals surface area contributed by atoms with E-state index in [-0.39, 0.29) is 51.4 Å². The molecule has 4 fully saturated rings. The van der Waals surface area contributed by atoms with E-state index in [0.29, 0.717) is 37.1 Å². The summed E-state index contributed by atoms with van der Waals surface area (Å²) in [6.07, 6.45) is 9.18. The molecule has 0 amide bonds. The standard InChI is InChI=1S/C33H54O5/c1-21(2)24(35)12-17-33(20-37-9)19-18-31(7)23(28(33)36)10-11-26-30(6)15-14-27(38-22(3)34)29(4,5)25(30)13-16-32(26,31)8/h21,23,25-27H,10-20H2,1-9H3/t23-,25+,26-,27+,30+,31-,32-,33-/m1/s1. The number of Topliss-reactive ketones (excluding diaryl/α,β-unsaturated/α-hetero) is 2. The molecule has 5 heteroatoms. The fraction of sp³-hybridized carbons (Fsp3) is 0.909. The summed E-state index contributed by atoms with van der Waals surface area (Å²) in [5.41, 5.74) is -0.366. The number of carbonyl (C=O) groups excluding carboxylic acids is 3. The molecule has 0 heterocycles. The largest absolute Gasteiger partial charge is 0.462 e. The van der Waals surface area contributed by atoms with Gasteiger partial charge in [-0.3, -0.25) is 14.4 Å². The van der Waals surface area contributed by atoms with Crippen LogP contribution in [0.4, 0.5) is 0 Å². The Bertz CT molecular complexity index is 953. The van der Waals surface area contributed by atoms with Gasteiger partial charge in [0.15, 0.2) is 0 Å². The number of hydrogen-bond acceptors (Lipinski definition) is 5. The van der Waals surface area contributed by atoms with E-state index in [1.54, 1.807) is 7.11 Å². The lowest BCUT2D eigenvalue weighted by Crippen LogP contribution is -2.67. The molecule has 0 bridgehead atoms. The van der Waals surface area contributed by atoms with Gasteiger partial charge in [0.2, 0.25) is 0 Å². The fourth-order valence-electron chi connectivity index (χ4n) is 10.6. The monoisotopic (exact) mass is 530 g/mol. The quantitative estimate of drug-likeness (QED) is 0.326. The Morgan fingerprint density at radius 1 is 0.895 bits per heavy atom. The Morgan fingerprint density at radius 2 is 1.58 bits per heavy atom. The third kappa shape index (κ3) is 4.32. The molecule has 0 N–H and O–H groups in total. The molecule has 0 aromatic rings. The SMILES string of the molecule is COC[C@@]1(CCC(=O)C(C)C)CC[C@]2(C)[C@H](CC[C@@H]3[C@@]4(C)CC[C@H](OC(C)=O)C(C)(C)[C@@H]4CC[C@]32C)C1=O. The minimum atomic E-state index is -0.530. The molecule has 0 radical (unpaired) electrons. The van der Waals surface area contributed by atoms with Crippen LogP contribution in [0.25, 0.3) is 0 Å². The topological polar surface area (TPSA) is 69.7 Å². The highest BCUT2D eigenvalue weighted by atomic mass is 16.5. The average Bonchev–Trinajstić information content (AvgIpc) is 2.82. The molecule has 0 aliphatic heterocycles. The molecule has 0 aromatic carbocycles. The predicted octanol–water partition coefficient (Wildman–Crippen LogP) is 7.19. The molecular weight excluding hydrogens is 476 g/mol. The number of ether oxygens (including phenoxy) is 2. The maximum absolute atomic E-state index is 14.4. The second-order valence-corrected chi connectivity index (χ2v) is 15.3. The van der Waals surface area contributed by atoms with Crippen LogP contribution in [0, 0.1) is 50.7 Å². The first-order valence-electron chi connectivity index (χ1n) is 15.3. The van der Waals surface area contributed by atoms with Crippen LogP contribution in [0.15, 0.2) is 0 Å². The van der Waals surface area contributed by atoms with Crippen molar-refractivity contribution in [3.05, 3.63) is 0 Å². The van der Waals surface area contributed by atoms with E-state index in [1.165, 1.54) is 6.92 Å². The molecule has 0 aromatic heterocycles. The summed E-state index contributed by atoms with van der Waals surface area (Å²) in [7, 11) is 1.70. The van der Waals surface area contributed by atoms with Crippen molar-refractivity contribution in [1.82, 2.24) is 0 Å². The van der Waals surface area contributed by atoms with Crippen molar-refractivity contribution in [2.45, 2.75) is 126 Å². The summed E-state index contributed by atoms with van der Waals surface area (Å²) in [6.45, 7) is 18.0. The lowest BCUT2D eigenvalue weighted by Gasteiger charge is -2.71. The van der Waals surface area contributed by atoms with Crippen LogP contribution in [0.2, 0.25) is 0 Å². The highest BCUT2D eigenvalue weighted by Gasteiger charge is 2.69. The van der Waals surface area contributed by atoms with Crippen molar-refractivity contribution in [2.75, 3.05) is 13.7 Å². The number of fused-ring (bicyclic) bond motifs is 5. The number of esters is 1. The van der Waals surface area contributed by atoms with Crippen LogP contribution in [-0.2, 0) is 23.9 Å². The van der Waals surface area contributed by atoms with E-state index in [4.69, 9.17) is 9.47 Å². The van der Waals surface area contributed by atoms with Crippen LogP contribution in [0.5, 0.6) is 0 Å². The zero-order valence-electron chi connectivity index (χ0n) is 25.7. The van der Waals surface area contributed by atoms with Crippen molar-refractivity contribution in [3.8, 4) is 0 Å². The summed E-state index contributed by atoms with van der Waals surface area (Å²) >= 11 is 0. The number of rotatable bonds is 7. The minimum absolute atomic E-state index is 0.00372. The first-order valence-corrected chi connectivity index (χ1v) is 15.3.